The van der Waals surface area contributed by atoms with Gasteiger partial charge in [-0.25, -0.2) is 0 Å². The Bertz CT molecular complexity index is 159. The molecular formula is C8H14N2O. The van der Waals surface area contributed by atoms with Gasteiger partial charge >= 0.3 is 0 Å². The van der Waals surface area contributed by atoms with Gasteiger partial charge in [-0.05, 0) is 32.5 Å². The fourth-order valence-electron chi connectivity index (χ4n) is 1.17. The molecule has 1 aliphatic heterocycles. The number of carbonyl (C=O) groups excluding carboxylic acids is 1. The van der Waals surface area contributed by atoms with Crippen LogP contribution in [0.1, 0.15) is 19.8 Å². The van der Waals surface area contributed by atoms with Crippen LogP contribution in [-0.2, 0) is 4.79 Å². The fourth-order valence-corrected chi connectivity index (χ4v) is 1.17. The van der Waals surface area contributed by atoms with Gasteiger partial charge in [-0.3, -0.25) is 4.79 Å². The van der Waals surface area contributed by atoms with Crippen molar-refractivity contribution in [1.29, 1.82) is 0 Å². The minimum absolute atomic E-state index is 0.0335. The number of hydrogen-bond acceptors (Lipinski definition) is 2. The summed E-state index contributed by atoms with van der Waals surface area (Å²) in [6.07, 6.45) is 5.55. The molecule has 0 aromatic rings. The van der Waals surface area contributed by atoms with Crippen molar-refractivity contribution in [2.75, 3.05) is 6.54 Å². The molecule has 0 radical (unpaired) electrons. The second-order valence-corrected chi connectivity index (χ2v) is 2.66. The molecule has 1 saturated heterocycles. The molecule has 1 heterocycles. The summed E-state index contributed by atoms with van der Waals surface area (Å²) in [4.78, 5) is 11.2. The monoisotopic (exact) mass is 154 g/mol. The van der Waals surface area contributed by atoms with Gasteiger partial charge < -0.3 is 10.6 Å². The number of carbonyl (C=O) groups is 1. The molecule has 62 valence electrons. The van der Waals surface area contributed by atoms with E-state index in [2.05, 4.69) is 10.6 Å². The number of allylic oxidation sites excluding steroid dienone is 1. The topological polar surface area (TPSA) is 41.1 Å². The first kappa shape index (κ1) is 8.27. The Hall–Kier alpha value is -0.830. The van der Waals surface area contributed by atoms with Gasteiger partial charge in [-0.2, -0.15) is 0 Å². The van der Waals surface area contributed by atoms with Crippen LogP contribution in [0.5, 0.6) is 0 Å². The van der Waals surface area contributed by atoms with Gasteiger partial charge in [0, 0.05) is 0 Å². The Morgan fingerprint density at radius 1 is 1.73 bits per heavy atom. The van der Waals surface area contributed by atoms with Crippen LogP contribution in [-0.4, -0.2) is 18.5 Å². The fraction of sp³-hybridized carbons (Fsp3) is 0.625. The Morgan fingerprint density at radius 3 is 3.09 bits per heavy atom. The summed E-state index contributed by atoms with van der Waals surface area (Å²) in [6.45, 7) is 2.84. The van der Waals surface area contributed by atoms with Crippen LogP contribution in [0.4, 0.5) is 0 Å². The zero-order valence-electron chi connectivity index (χ0n) is 6.76. The van der Waals surface area contributed by atoms with Crippen LogP contribution in [0, 0.1) is 0 Å². The van der Waals surface area contributed by atoms with Crippen LogP contribution >= 0.6 is 0 Å². The molecular weight excluding hydrogens is 140 g/mol. The van der Waals surface area contributed by atoms with E-state index in [1.807, 2.05) is 13.0 Å². The number of amides is 1. The van der Waals surface area contributed by atoms with Gasteiger partial charge in [0.2, 0.25) is 5.91 Å². The average molecular weight is 154 g/mol. The second-order valence-electron chi connectivity index (χ2n) is 2.66. The highest BCUT2D eigenvalue weighted by molar-refractivity contribution is 5.82. The molecule has 1 rings (SSSR count). The van der Waals surface area contributed by atoms with Crippen molar-refractivity contribution in [3.05, 3.63) is 12.3 Å². The third kappa shape index (κ3) is 2.35. The van der Waals surface area contributed by atoms with E-state index in [1.165, 1.54) is 0 Å². The molecule has 1 amide bonds. The van der Waals surface area contributed by atoms with Crippen molar-refractivity contribution in [2.45, 2.75) is 25.8 Å². The molecule has 0 aliphatic carbocycles. The maximum Gasteiger partial charge on any atom is 0.241 e. The quantitative estimate of drug-likeness (QED) is 0.604. The summed E-state index contributed by atoms with van der Waals surface area (Å²) in [7, 11) is 0. The van der Waals surface area contributed by atoms with E-state index in [4.69, 9.17) is 0 Å². The summed E-state index contributed by atoms with van der Waals surface area (Å²) in [6, 6.07) is 0.0335. The van der Waals surface area contributed by atoms with Crippen LogP contribution in [0.15, 0.2) is 12.3 Å². The standard InChI is InChI=1S/C8H14N2O/c1-2-5-10-8(11)7-4-3-6-9-7/h2,5,7,9H,3-4,6H2,1H3,(H,10,11)/b5-2+. The van der Waals surface area contributed by atoms with Crippen molar-refractivity contribution in [3.8, 4) is 0 Å². The van der Waals surface area contributed by atoms with Crippen LogP contribution in [0.25, 0.3) is 0 Å². The molecule has 11 heavy (non-hydrogen) atoms. The summed E-state index contributed by atoms with van der Waals surface area (Å²) >= 11 is 0. The summed E-state index contributed by atoms with van der Waals surface area (Å²) in [5.74, 6) is 0.0839. The minimum Gasteiger partial charge on any atom is -0.332 e. The van der Waals surface area contributed by atoms with Crippen molar-refractivity contribution in [2.24, 2.45) is 0 Å². The largest absolute Gasteiger partial charge is 0.332 e. The predicted octanol–water partition coefficient (Wildman–Crippen LogP) is 0.388. The van der Waals surface area contributed by atoms with Crippen molar-refractivity contribution in [1.82, 2.24) is 10.6 Å². The second kappa shape index (κ2) is 4.13. The highest BCUT2D eigenvalue weighted by Gasteiger charge is 2.20. The van der Waals surface area contributed by atoms with Gasteiger partial charge in [0.05, 0.1) is 6.04 Å². The first-order chi connectivity index (χ1) is 5.34. The van der Waals surface area contributed by atoms with E-state index < -0.39 is 0 Å². The molecule has 0 aromatic carbocycles. The average Bonchev–Trinajstić information content (AvgIpc) is 2.52. The van der Waals surface area contributed by atoms with Crippen molar-refractivity contribution < 1.29 is 4.79 Å². The summed E-state index contributed by atoms with van der Waals surface area (Å²) < 4.78 is 0. The Morgan fingerprint density at radius 2 is 2.55 bits per heavy atom. The highest BCUT2D eigenvalue weighted by Crippen LogP contribution is 2.03. The smallest absolute Gasteiger partial charge is 0.241 e. The van der Waals surface area contributed by atoms with Gasteiger partial charge in [-0.1, -0.05) is 6.08 Å². The predicted molar refractivity (Wildman–Crippen MR) is 44.0 cm³/mol. The molecule has 1 aliphatic rings. The lowest BCUT2D eigenvalue weighted by atomic mass is 10.2. The molecule has 0 bridgehead atoms. The van der Waals surface area contributed by atoms with E-state index in [0.717, 1.165) is 19.4 Å². The van der Waals surface area contributed by atoms with Gasteiger partial charge in [0.25, 0.3) is 0 Å². The maximum atomic E-state index is 11.2. The Kier molecular flexibility index (Phi) is 3.11. The van der Waals surface area contributed by atoms with Crippen LogP contribution in [0.3, 0.4) is 0 Å². The Labute approximate surface area is 66.9 Å². The molecule has 3 heteroatoms. The van der Waals surface area contributed by atoms with Gasteiger partial charge in [-0.15, -0.1) is 0 Å². The molecule has 0 spiro atoms. The molecule has 1 atom stereocenters. The molecule has 1 unspecified atom stereocenters. The number of rotatable bonds is 2. The van der Waals surface area contributed by atoms with Crippen LogP contribution in [0.2, 0.25) is 0 Å². The minimum atomic E-state index is 0.0335. The lowest BCUT2D eigenvalue weighted by molar-refractivity contribution is -0.121. The number of nitrogens with one attached hydrogen (secondary N) is 2. The van der Waals surface area contributed by atoms with Gasteiger partial charge in [0.1, 0.15) is 0 Å². The van der Waals surface area contributed by atoms with Crippen molar-refractivity contribution >= 4 is 5.91 Å². The van der Waals surface area contributed by atoms with Gasteiger partial charge in [0.15, 0.2) is 0 Å². The highest BCUT2D eigenvalue weighted by atomic mass is 16.2. The lowest BCUT2D eigenvalue weighted by Gasteiger charge is -2.06. The third-order valence-corrected chi connectivity index (χ3v) is 1.77. The van der Waals surface area contributed by atoms with E-state index in [1.54, 1.807) is 6.20 Å². The van der Waals surface area contributed by atoms with Crippen molar-refractivity contribution in [3.63, 3.8) is 0 Å². The first-order valence-electron chi connectivity index (χ1n) is 3.99. The normalized spacial score (nSPS) is 24.3. The molecule has 1 fully saturated rings. The Balaban J connectivity index is 2.28. The van der Waals surface area contributed by atoms with E-state index in [9.17, 15) is 4.79 Å². The summed E-state index contributed by atoms with van der Waals surface area (Å²) in [5.41, 5.74) is 0. The zero-order valence-corrected chi connectivity index (χ0v) is 6.76. The SMILES string of the molecule is C/C=C/NC(=O)C1CCCN1. The van der Waals surface area contributed by atoms with Crippen LogP contribution < -0.4 is 10.6 Å². The molecule has 2 N–H and O–H groups in total. The summed E-state index contributed by atoms with van der Waals surface area (Å²) in [5, 5.41) is 5.81. The molecule has 3 nitrogen and oxygen atoms in total. The zero-order chi connectivity index (χ0) is 8.10. The van der Waals surface area contributed by atoms with E-state index >= 15 is 0 Å². The number of hydrogen-bond donors (Lipinski definition) is 2. The first-order valence-corrected chi connectivity index (χ1v) is 3.99. The lowest BCUT2D eigenvalue weighted by Crippen LogP contribution is -2.37. The van der Waals surface area contributed by atoms with E-state index in [0.29, 0.717) is 0 Å². The maximum absolute atomic E-state index is 11.2. The molecule has 0 aromatic heterocycles. The molecule has 0 saturated carbocycles. The third-order valence-electron chi connectivity index (χ3n) is 1.77. The van der Waals surface area contributed by atoms with E-state index in [-0.39, 0.29) is 11.9 Å².